The molecule has 16 heavy (non-hydrogen) atoms. The molecule has 2 N–H and O–H groups in total. The number of aliphatic hydroxyl groups excluding tert-OH is 1. The predicted molar refractivity (Wildman–Crippen MR) is 59.5 cm³/mol. The SMILES string of the molecule is O=C1N(CCO)CCN1c1ccc(O)cc1. The maximum Gasteiger partial charge on any atom is 0.324 e. The summed E-state index contributed by atoms with van der Waals surface area (Å²) >= 11 is 0. The van der Waals surface area contributed by atoms with Crippen molar-refractivity contribution in [2.45, 2.75) is 0 Å². The summed E-state index contributed by atoms with van der Waals surface area (Å²) in [5.74, 6) is 0.183. The molecule has 1 heterocycles. The van der Waals surface area contributed by atoms with E-state index in [1.165, 1.54) is 0 Å². The minimum Gasteiger partial charge on any atom is -0.508 e. The average Bonchev–Trinajstić information content (AvgIpc) is 2.63. The molecular formula is C11H14N2O3. The summed E-state index contributed by atoms with van der Waals surface area (Å²) < 4.78 is 0. The summed E-state index contributed by atoms with van der Waals surface area (Å²) in [4.78, 5) is 15.1. The van der Waals surface area contributed by atoms with Gasteiger partial charge in [-0.25, -0.2) is 4.79 Å². The monoisotopic (exact) mass is 222 g/mol. The van der Waals surface area contributed by atoms with Gasteiger partial charge in [0.1, 0.15) is 5.75 Å². The predicted octanol–water partition coefficient (Wildman–Crippen LogP) is 0.627. The Kier molecular flexibility index (Phi) is 2.96. The maximum atomic E-state index is 11.9. The molecule has 5 heteroatoms. The molecule has 86 valence electrons. The van der Waals surface area contributed by atoms with E-state index < -0.39 is 0 Å². The quantitative estimate of drug-likeness (QED) is 0.788. The van der Waals surface area contributed by atoms with Crippen molar-refractivity contribution in [3.63, 3.8) is 0 Å². The lowest BCUT2D eigenvalue weighted by Gasteiger charge is -2.17. The number of nitrogens with zero attached hydrogens (tertiary/aromatic N) is 2. The third-order valence-electron chi connectivity index (χ3n) is 2.63. The molecule has 1 aromatic rings. The summed E-state index contributed by atoms with van der Waals surface area (Å²) in [7, 11) is 0. The smallest absolute Gasteiger partial charge is 0.324 e. The number of aromatic hydroxyl groups is 1. The van der Waals surface area contributed by atoms with Gasteiger partial charge in [-0.1, -0.05) is 0 Å². The van der Waals surface area contributed by atoms with Crippen molar-refractivity contribution in [2.24, 2.45) is 0 Å². The van der Waals surface area contributed by atoms with Gasteiger partial charge in [0.05, 0.1) is 6.61 Å². The highest BCUT2D eigenvalue weighted by molar-refractivity contribution is 5.94. The molecule has 2 rings (SSSR count). The number of carbonyl (C=O) groups excluding carboxylic acids is 1. The van der Waals surface area contributed by atoms with E-state index in [0.717, 1.165) is 5.69 Å². The summed E-state index contributed by atoms with van der Waals surface area (Å²) in [5, 5.41) is 17.9. The van der Waals surface area contributed by atoms with Gasteiger partial charge >= 0.3 is 6.03 Å². The standard InChI is InChI=1S/C11H14N2O3/c14-8-7-12-5-6-13(11(12)16)9-1-3-10(15)4-2-9/h1-4,14-15H,5-8H2. The molecule has 2 amide bonds. The molecule has 0 unspecified atom stereocenters. The van der Waals surface area contributed by atoms with Crippen molar-refractivity contribution in [3.8, 4) is 5.75 Å². The Hall–Kier alpha value is -1.75. The molecule has 0 atom stereocenters. The van der Waals surface area contributed by atoms with Crippen LogP contribution in [0, 0.1) is 0 Å². The van der Waals surface area contributed by atoms with Crippen LogP contribution in [0.4, 0.5) is 10.5 Å². The van der Waals surface area contributed by atoms with E-state index in [9.17, 15) is 4.79 Å². The summed E-state index contributed by atoms with van der Waals surface area (Å²) in [5.41, 5.74) is 0.767. The lowest BCUT2D eigenvalue weighted by Crippen LogP contribution is -2.33. The van der Waals surface area contributed by atoms with Crippen LogP contribution in [0.2, 0.25) is 0 Å². The second-order valence-electron chi connectivity index (χ2n) is 3.66. The van der Waals surface area contributed by atoms with Gasteiger partial charge in [0.25, 0.3) is 0 Å². The van der Waals surface area contributed by atoms with Gasteiger partial charge in [-0.05, 0) is 24.3 Å². The van der Waals surface area contributed by atoms with E-state index in [-0.39, 0.29) is 18.4 Å². The van der Waals surface area contributed by atoms with Crippen molar-refractivity contribution < 1.29 is 15.0 Å². The largest absolute Gasteiger partial charge is 0.508 e. The van der Waals surface area contributed by atoms with Gasteiger partial charge in [-0.2, -0.15) is 0 Å². The molecule has 1 aliphatic heterocycles. The van der Waals surface area contributed by atoms with E-state index in [2.05, 4.69) is 0 Å². The number of carbonyl (C=O) groups is 1. The zero-order chi connectivity index (χ0) is 11.5. The highest BCUT2D eigenvalue weighted by atomic mass is 16.3. The molecule has 5 nitrogen and oxygen atoms in total. The fraction of sp³-hybridized carbons (Fsp3) is 0.364. The van der Waals surface area contributed by atoms with Gasteiger partial charge in [0, 0.05) is 25.3 Å². The molecule has 1 fully saturated rings. The van der Waals surface area contributed by atoms with E-state index in [1.807, 2.05) is 0 Å². The van der Waals surface area contributed by atoms with Crippen LogP contribution in [0.1, 0.15) is 0 Å². The Morgan fingerprint density at radius 2 is 1.88 bits per heavy atom. The summed E-state index contributed by atoms with van der Waals surface area (Å²) in [6.45, 7) is 1.59. The first-order chi connectivity index (χ1) is 7.72. The van der Waals surface area contributed by atoms with Gasteiger partial charge < -0.3 is 15.1 Å². The fourth-order valence-electron chi connectivity index (χ4n) is 1.78. The highest BCUT2D eigenvalue weighted by Crippen LogP contribution is 2.22. The number of phenolic OH excluding ortho intramolecular Hbond substituents is 1. The van der Waals surface area contributed by atoms with Crippen LogP contribution in [0.25, 0.3) is 0 Å². The van der Waals surface area contributed by atoms with Gasteiger partial charge in [-0.15, -0.1) is 0 Å². The van der Waals surface area contributed by atoms with Gasteiger partial charge in [-0.3, -0.25) is 4.90 Å². The molecule has 0 bridgehead atoms. The number of β-amino-alcohol motifs (C(OH)–C–C–N with tert-alkyl or cyclic N) is 1. The number of amides is 2. The van der Waals surface area contributed by atoms with Crippen LogP contribution in [-0.2, 0) is 0 Å². The Morgan fingerprint density at radius 3 is 2.50 bits per heavy atom. The third-order valence-corrected chi connectivity index (χ3v) is 2.63. The second-order valence-corrected chi connectivity index (χ2v) is 3.66. The molecule has 0 spiro atoms. The van der Waals surface area contributed by atoms with Crippen molar-refractivity contribution >= 4 is 11.7 Å². The van der Waals surface area contributed by atoms with E-state index >= 15 is 0 Å². The lowest BCUT2D eigenvalue weighted by atomic mass is 10.3. The number of phenols is 1. The molecular weight excluding hydrogens is 208 g/mol. The van der Waals surface area contributed by atoms with E-state index in [4.69, 9.17) is 10.2 Å². The zero-order valence-electron chi connectivity index (χ0n) is 8.83. The number of urea groups is 1. The second kappa shape index (κ2) is 4.40. The van der Waals surface area contributed by atoms with Gasteiger partial charge in [0.2, 0.25) is 0 Å². The van der Waals surface area contributed by atoms with Crippen molar-refractivity contribution in [1.29, 1.82) is 0 Å². The molecule has 0 aliphatic carbocycles. The van der Waals surface area contributed by atoms with Crippen LogP contribution in [0.15, 0.2) is 24.3 Å². The molecule has 0 aromatic heterocycles. The summed E-state index contributed by atoms with van der Waals surface area (Å²) in [6.07, 6.45) is 0. The zero-order valence-corrected chi connectivity index (χ0v) is 8.83. The first-order valence-electron chi connectivity index (χ1n) is 5.18. The van der Waals surface area contributed by atoms with Crippen molar-refractivity contribution in [1.82, 2.24) is 4.90 Å². The van der Waals surface area contributed by atoms with E-state index in [0.29, 0.717) is 19.6 Å². The molecule has 1 aromatic carbocycles. The fourth-order valence-corrected chi connectivity index (χ4v) is 1.78. The highest BCUT2D eigenvalue weighted by Gasteiger charge is 2.28. The van der Waals surface area contributed by atoms with Crippen LogP contribution in [-0.4, -0.2) is 47.4 Å². The number of aliphatic hydroxyl groups is 1. The Balaban J connectivity index is 2.12. The number of rotatable bonds is 3. The van der Waals surface area contributed by atoms with Gasteiger partial charge in [0.15, 0.2) is 0 Å². The molecule has 0 radical (unpaired) electrons. The first-order valence-corrected chi connectivity index (χ1v) is 5.18. The number of hydrogen-bond acceptors (Lipinski definition) is 3. The Morgan fingerprint density at radius 1 is 1.19 bits per heavy atom. The molecule has 0 saturated carbocycles. The average molecular weight is 222 g/mol. The maximum absolute atomic E-state index is 11.9. The van der Waals surface area contributed by atoms with Crippen LogP contribution in [0.3, 0.4) is 0 Å². The molecule has 1 aliphatic rings. The first kappa shape index (κ1) is 10.8. The van der Waals surface area contributed by atoms with Crippen molar-refractivity contribution in [3.05, 3.63) is 24.3 Å². The Labute approximate surface area is 93.5 Å². The summed E-state index contributed by atoms with van der Waals surface area (Å²) in [6, 6.07) is 6.42. The van der Waals surface area contributed by atoms with Crippen LogP contribution >= 0.6 is 0 Å². The minimum atomic E-state index is -0.0975. The van der Waals surface area contributed by atoms with Crippen LogP contribution in [0.5, 0.6) is 5.75 Å². The number of hydrogen-bond donors (Lipinski definition) is 2. The number of benzene rings is 1. The van der Waals surface area contributed by atoms with Crippen LogP contribution < -0.4 is 4.90 Å². The Bertz CT molecular complexity index is 377. The third kappa shape index (κ3) is 1.94. The van der Waals surface area contributed by atoms with Crippen molar-refractivity contribution in [2.75, 3.05) is 31.1 Å². The number of anilines is 1. The topological polar surface area (TPSA) is 64.0 Å². The molecule has 1 saturated heterocycles. The van der Waals surface area contributed by atoms with E-state index in [1.54, 1.807) is 34.1 Å². The normalized spacial score (nSPS) is 15.9. The lowest BCUT2D eigenvalue weighted by molar-refractivity contribution is 0.199. The minimum absolute atomic E-state index is 0.0187.